The Morgan fingerprint density at radius 2 is 2.21 bits per heavy atom. The van der Waals surface area contributed by atoms with Gasteiger partial charge in [0.25, 0.3) is 5.91 Å². The number of hydrogen-bond donors (Lipinski definition) is 1. The second-order valence-corrected chi connectivity index (χ2v) is 4.72. The normalized spacial score (nSPS) is 10.0. The minimum Gasteiger partial charge on any atom is -0.496 e. The summed E-state index contributed by atoms with van der Waals surface area (Å²) < 4.78 is 6.01. The fourth-order valence-corrected chi connectivity index (χ4v) is 2.18. The molecule has 1 N–H and O–H groups in total. The van der Waals surface area contributed by atoms with Gasteiger partial charge in [-0.2, -0.15) is 0 Å². The molecular weight excluding hydrogens is 308 g/mol. The molecule has 0 saturated heterocycles. The second-order valence-electron chi connectivity index (χ2n) is 3.87. The van der Waals surface area contributed by atoms with Gasteiger partial charge >= 0.3 is 0 Å². The van der Waals surface area contributed by atoms with Crippen LogP contribution in [0.15, 0.2) is 47.1 Å². The minimum atomic E-state index is -0.187. The molecule has 0 spiro atoms. The molecule has 1 amide bonds. The number of halogens is 1. The first kappa shape index (κ1) is 13.5. The summed E-state index contributed by atoms with van der Waals surface area (Å²) in [7, 11) is 1.61. The van der Waals surface area contributed by atoms with E-state index in [9.17, 15) is 4.79 Å². The SMILES string of the molecule is COc1ccc(CNC(=O)c2ccccn2)cc1Br. The van der Waals surface area contributed by atoms with Crippen LogP contribution in [0, 0.1) is 0 Å². The van der Waals surface area contributed by atoms with Crippen LogP contribution in [0.3, 0.4) is 0 Å². The number of methoxy groups -OCH3 is 1. The monoisotopic (exact) mass is 320 g/mol. The Kier molecular flexibility index (Phi) is 4.52. The van der Waals surface area contributed by atoms with Crippen molar-refractivity contribution in [3.63, 3.8) is 0 Å². The highest BCUT2D eigenvalue weighted by molar-refractivity contribution is 9.10. The molecule has 4 nitrogen and oxygen atoms in total. The van der Waals surface area contributed by atoms with Gasteiger partial charge in [-0.15, -0.1) is 0 Å². The summed E-state index contributed by atoms with van der Waals surface area (Å²) in [6, 6.07) is 10.9. The van der Waals surface area contributed by atoms with Crippen molar-refractivity contribution in [2.75, 3.05) is 7.11 Å². The molecule has 0 aliphatic rings. The molecule has 1 aromatic heterocycles. The van der Waals surface area contributed by atoms with Crippen LogP contribution < -0.4 is 10.1 Å². The van der Waals surface area contributed by atoms with Crippen molar-refractivity contribution >= 4 is 21.8 Å². The average Bonchev–Trinajstić information content (AvgIpc) is 2.46. The van der Waals surface area contributed by atoms with Crippen LogP contribution in [0.25, 0.3) is 0 Å². The molecule has 2 rings (SSSR count). The minimum absolute atomic E-state index is 0.187. The van der Waals surface area contributed by atoms with E-state index in [4.69, 9.17) is 4.74 Å². The van der Waals surface area contributed by atoms with Gasteiger partial charge in [0.05, 0.1) is 11.6 Å². The maximum Gasteiger partial charge on any atom is 0.270 e. The highest BCUT2D eigenvalue weighted by Gasteiger charge is 2.06. The standard InChI is InChI=1S/C14H13BrN2O2/c1-19-13-6-5-10(8-11(13)15)9-17-14(18)12-4-2-3-7-16-12/h2-8H,9H2,1H3,(H,17,18). The van der Waals surface area contributed by atoms with Gasteiger partial charge in [-0.1, -0.05) is 12.1 Å². The molecule has 1 aromatic carbocycles. The molecule has 0 unspecified atom stereocenters. The lowest BCUT2D eigenvalue weighted by Gasteiger charge is -2.07. The summed E-state index contributed by atoms with van der Waals surface area (Å²) in [5.74, 6) is 0.576. The zero-order valence-electron chi connectivity index (χ0n) is 10.4. The summed E-state index contributed by atoms with van der Waals surface area (Å²) in [6.45, 7) is 0.442. The Hall–Kier alpha value is -1.88. The van der Waals surface area contributed by atoms with Gasteiger partial charge in [0.2, 0.25) is 0 Å². The Morgan fingerprint density at radius 3 is 2.84 bits per heavy atom. The Morgan fingerprint density at radius 1 is 1.37 bits per heavy atom. The number of nitrogens with one attached hydrogen (secondary N) is 1. The van der Waals surface area contributed by atoms with Crippen molar-refractivity contribution in [1.29, 1.82) is 0 Å². The molecule has 2 aromatic rings. The van der Waals surface area contributed by atoms with E-state index in [2.05, 4.69) is 26.2 Å². The predicted octanol–water partition coefficient (Wildman–Crippen LogP) is 2.78. The molecule has 0 bridgehead atoms. The van der Waals surface area contributed by atoms with Crippen LogP contribution in [-0.4, -0.2) is 18.0 Å². The van der Waals surface area contributed by atoms with E-state index >= 15 is 0 Å². The summed E-state index contributed by atoms with van der Waals surface area (Å²) in [4.78, 5) is 15.8. The molecule has 0 atom stereocenters. The molecule has 0 fully saturated rings. The Bertz CT molecular complexity index is 573. The number of benzene rings is 1. The third kappa shape index (κ3) is 3.54. The molecule has 0 aliphatic heterocycles. The molecular formula is C14H13BrN2O2. The molecule has 0 radical (unpaired) electrons. The van der Waals surface area contributed by atoms with E-state index in [0.29, 0.717) is 12.2 Å². The van der Waals surface area contributed by atoms with Crippen LogP contribution in [0.5, 0.6) is 5.75 Å². The highest BCUT2D eigenvalue weighted by atomic mass is 79.9. The number of aromatic nitrogens is 1. The summed E-state index contributed by atoms with van der Waals surface area (Å²) >= 11 is 3.41. The largest absolute Gasteiger partial charge is 0.496 e. The van der Waals surface area contributed by atoms with Crippen LogP contribution >= 0.6 is 15.9 Å². The van der Waals surface area contributed by atoms with Gasteiger partial charge in [-0.25, -0.2) is 0 Å². The first-order chi connectivity index (χ1) is 9.20. The third-order valence-corrected chi connectivity index (χ3v) is 3.19. The zero-order valence-corrected chi connectivity index (χ0v) is 12.0. The topological polar surface area (TPSA) is 51.2 Å². The van der Waals surface area contributed by atoms with E-state index in [1.807, 2.05) is 18.2 Å². The zero-order chi connectivity index (χ0) is 13.7. The van der Waals surface area contributed by atoms with Crippen LogP contribution in [0.4, 0.5) is 0 Å². The number of pyridine rings is 1. The van der Waals surface area contributed by atoms with Crippen molar-refractivity contribution in [2.24, 2.45) is 0 Å². The maximum absolute atomic E-state index is 11.8. The van der Waals surface area contributed by atoms with Crippen LogP contribution in [-0.2, 0) is 6.54 Å². The lowest BCUT2D eigenvalue weighted by Crippen LogP contribution is -2.23. The maximum atomic E-state index is 11.8. The number of ether oxygens (including phenoxy) is 1. The first-order valence-corrected chi connectivity index (χ1v) is 6.51. The number of rotatable bonds is 4. The lowest BCUT2D eigenvalue weighted by atomic mass is 10.2. The summed E-state index contributed by atoms with van der Waals surface area (Å²) in [6.07, 6.45) is 1.60. The second kappa shape index (κ2) is 6.33. The van der Waals surface area contributed by atoms with Crippen molar-refractivity contribution in [3.8, 4) is 5.75 Å². The predicted molar refractivity (Wildman–Crippen MR) is 76.1 cm³/mol. The van der Waals surface area contributed by atoms with Gasteiger partial charge in [-0.3, -0.25) is 9.78 Å². The summed E-state index contributed by atoms with van der Waals surface area (Å²) in [5, 5.41) is 2.82. The fraction of sp³-hybridized carbons (Fsp3) is 0.143. The van der Waals surface area contributed by atoms with Gasteiger partial charge in [0, 0.05) is 12.7 Å². The third-order valence-electron chi connectivity index (χ3n) is 2.57. The smallest absolute Gasteiger partial charge is 0.270 e. The van der Waals surface area contributed by atoms with Crippen molar-refractivity contribution in [3.05, 3.63) is 58.3 Å². The van der Waals surface area contributed by atoms with E-state index < -0.39 is 0 Å². The number of carbonyl (C=O) groups is 1. The Labute approximate surface area is 119 Å². The molecule has 98 valence electrons. The van der Waals surface area contributed by atoms with E-state index in [1.165, 1.54) is 0 Å². The van der Waals surface area contributed by atoms with Crippen molar-refractivity contribution < 1.29 is 9.53 Å². The van der Waals surface area contributed by atoms with Gasteiger partial charge in [-0.05, 0) is 45.8 Å². The number of amides is 1. The lowest BCUT2D eigenvalue weighted by molar-refractivity contribution is 0.0946. The quantitative estimate of drug-likeness (QED) is 0.942. The van der Waals surface area contributed by atoms with E-state index in [0.717, 1.165) is 15.8 Å². The van der Waals surface area contributed by atoms with Gasteiger partial charge in [0.15, 0.2) is 0 Å². The van der Waals surface area contributed by atoms with Gasteiger partial charge in [0.1, 0.15) is 11.4 Å². The van der Waals surface area contributed by atoms with Crippen LogP contribution in [0.2, 0.25) is 0 Å². The highest BCUT2D eigenvalue weighted by Crippen LogP contribution is 2.25. The van der Waals surface area contributed by atoms with Crippen LogP contribution in [0.1, 0.15) is 16.1 Å². The van der Waals surface area contributed by atoms with Crippen molar-refractivity contribution in [1.82, 2.24) is 10.3 Å². The van der Waals surface area contributed by atoms with E-state index in [-0.39, 0.29) is 5.91 Å². The van der Waals surface area contributed by atoms with E-state index in [1.54, 1.807) is 31.5 Å². The van der Waals surface area contributed by atoms with Gasteiger partial charge < -0.3 is 10.1 Å². The number of hydrogen-bond acceptors (Lipinski definition) is 3. The molecule has 0 aliphatic carbocycles. The first-order valence-electron chi connectivity index (χ1n) is 5.72. The Balaban J connectivity index is 1.99. The summed E-state index contributed by atoms with van der Waals surface area (Å²) in [5.41, 5.74) is 1.40. The van der Waals surface area contributed by atoms with Crippen molar-refractivity contribution in [2.45, 2.75) is 6.54 Å². The average molecular weight is 321 g/mol. The molecule has 5 heteroatoms. The number of carbonyl (C=O) groups excluding carboxylic acids is 1. The molecule has 0 saturated carbocycles. The molecule has 19 heavy (non-hydrogen) atoms. The molecule has 1 heterocycles. The fourth-order valence-electron chi connectivity index (χ4n) is 1.59. The number of nitrogens with zero attached hydrogens (tertiary/aromatic N) is 1.